The van der Waals surface area contributed by atoms with E-state index in [-0.39, 0.29) is 30.6 Å². The van der Waals surface area contributed by atoms with Crippen LogP contribution in [0.1, 0.15) is 78.7 Å². The van der Waals surface area contributed by atoms with E-state index in [9.17, 15) is 24.3 Å². The number of aliphatic carboxylic acids is 1. The molecule has 37 heavy (non-hydrogen) atoms. The molecular formula is C27H41NO9. The summed E-state index contributed by atoms with van der Waals surface area (Å²) >= 11 is 0. The quantitative estimate of drug-likeness (QED) is 0.245. The fourth-order valence-corrected chi connectivity index (χ4v) is 3.92. The Hall–Kier alpha value is -3.14. The van der Waals surface area contributed by atoms with Gasteiger partial charge in [0, 0.05) is 5.92 Å². The van der Waals surface area contributed by atoms with Crippen LogP contribution in [0.4, 0.5) is 4.79 Å². The van der Waals surface area contributed by atoms with Crippen LogP contribution in [0.3, 0.4) is 0 Å². The highest BCUT2D eigenvalue weighted by Crippen LogP contribution is 2.36. The minimum atomic E-state index is -1.36. The smallest absolute Gasteiger partial charge is 0.480 e. The van der Waals surface area contributed by atoms with Crippen molar-refractivity contribution < 1.29 is 43.2 Å². The van der Waals surface area contributed by atoms with Crippen molar-refractivity contribution in [2.24, 2.45) is 23.5 Å². The van der Waals surface area contributed by atoms with Gasteiger partial charge in [0.1, 0.15) is 6.04 Å². The van der Waals surface area contributed by atoms with Gasteiger partial charge in [0.05, 0.1) is 25.0 Å². The van der Waals surface area contributed by atoms with Gasteiger partial charge in [0.15, 0.2) is 11.5 Å². The van der Waals surface area contributed by atoms with Crippen LogP contribution in [-0.4, -0.2) is 48.4 Å². The molecule has 0 heterocycles. The number of carboxylic acids is 1. The van der Waals surface area contributed by atoms with Gasteiger partial charge in [-0.3, -0.25) is 14.4 Å². The number of rotatable bonds is 15. The summed E-state index contributed by atoms with van der Waals surface area (Å²) in [5.74, 6) is -4.33. The molecule has 0 aliphatic carbocycles. The lowest BCUT2D eigenvalue weighted by atomic mass is 9.82. The van der Waals surface area contributed by atoms with Crippen molar-refractivity contribution in [3.8, 4) is 11.5 Å². The average molecular weight is 524 g/mol. The minimum absolute atomic E-state index is 0.0106. The van der Waals surface area contributed by atoms with Crippen molar-refractivity contribution in [1.29, 1.82) is 0 Å². The zero-order chi connectivity index (χ0) is 28.1. The molecule has 10 heteroatoms. The first-order valence-electron chi connectivity index (χ1n) is 12.8. The van der Waals surface area contributed by atoms with Crippen LogP contribution in [-0.2, 0) is 23.9 Å². The number of hydrogen-bond acceptors (Lipinski definition) is 9. The van der Waals surface area contributed by atoms with Crippen molar-refractivity contribution in [1.82, 2.24) is 0 Å². The van der Waals surface area contributed by atoms with Crippen molar-refractivity contribution in [2.45, 2.75) is 79.2 Å². The molecule has 0 spiro atoms. The summed E-state index contributed by atoms with van der Waals surface area (Å²) in [5.41, 5.74) is 6.44. The number of carbonyl (C=O) groups excluding carboxylic acids is 3. The van der Waals surface area contributed by atoms with E-state index >= 15 is 0 Å². The van der Waals surface area contributed by atoms with E-state index in [0.29, 0.717) is 18.4 Å². The Morgan fingerprint density at radius 3 is 1.89 bits per heavy atom. The lowest BCUT2D eigenvalue weighted by molar-refractivity contribution is -0.141. The van der Waals surface area contributed by atoms with E-state index in [0.717, 1.165) is 12.8 Å². The van der Waals surface area contributed by atoms with Gasteiger partial charge < -0.3 is 29.8 Å². The van der Waals surface area contributed by atoms with E-state index in [4.69, 9.17) is 24.7 Å². The van der Waals surface area contributed by atoms with Gasteiger partial charge in [0.2, 0.25) is 0 Å². The van der Waals surface area contributed by atoms with Gasteiger partial charge in [-0.05, 0) is 43.4 Å². The summed E-state index contributed by atoms with van der Waals surface area (Å²) in [4.78, 5) is 48.8. The van der Waals surface area contributed by atoms with E-state index in [1.165, 1.54) is 12.1 Å². The Kier molecular flexibility index (Phi) is 13.7. The van der Waals surface area contributed by atoms with Crippen LogP contribution in [0.2, 0.25) is 0 Å². The SMILES string of the molecule is CCCC(C)C(=O)Oc1ccc(C(C(C)COC(=O)OCC)[C@H](N)C(=O)O)cc1OC(=O)C(C)CCC. The summed E-state index contributed by atoms with van der Waals surface area (Å²) in [7, 11) is 0. The first-order chi connectivity index (χ1) is 17.5. The molecule has 3 N–H and O–H groups in total. The molecule has 0 radical (unpaired) electrons. The molecule has 0 aliphatic rings. The second kappa shape index (κ2) is 15.9. The summed E-state index contributed by atoms with van der Waals surface area (Å²) in [6.07, 6.45) is 1.94. The molecule has 10 nitrogen and oxygen atoms in total. The van der Waals surface area contributed by atoms with E-state index in [2.05, 4.69) is 0 Å². The largest absolute Gasteiger partial charge is 0.508 e. The lowest BCUT2D eigenvalue weighted by Crippen LogP contribution is -2.40. The maximum absolute atomic E-state index is 12.7. The molecule has 0 amide bonds. The van der Waals surface area contributed by atoms with E-state index in [1.807, 2.05) is 13.8 Å². The third kappa shape index (κ3) is 10.0. The maximum Gasteiger partial charge on any atom is 0.508 e. The van der Waals surface area contributed by atoms with Crippen LogP contribution < -0.4 is 15.2 Å². The number of benzene rings is 1. The Morgan fingerprint density at radius 2 is 1.41 bits per heavy atom. The second-order valence-electron chi connectivity index (χ2n) is 9.29. The van der Waals surface area contributed by atoms with Gasteiger partial charge in [0.25, 0.3) is 0 Å². The molecule has 0 aromatic heterocycles. The zero-order valence-electron chi connectivity index (χ0n) is 22.7. The Bertz CT molecular complexity index is 917. The first-order valence-corrected chi connectivity index (χ1v) is 12.8. The minimum Gasteiger partial charge on any atom is -0.480 e. The molecule has 1 aromatic rings. The monoisotopic (exact) mass is 523 g/mol. The van der Waals surface area contributed by atoms with Gasteiger partial charge in [-0.1, -0.05) is 53.5 Å². The molecule has 4 unspecified atom stereocenters. The number of esters is 2. The maximum atomic E-state index is 12.7. The van der Waals surface area contributed by atoms with Crippen LogP contribution in [0.25, 0.3) is 0 Å². The van der Waals surface area contributed by atoms with Gasteiger partial charge in [-0.25, -0.2) is 4.79 Å². The summed E-state index contributed by atoms with van der Waals surface area (Å²) in [6.45, 7) is 10.7. The highest BCUT2D eigenvalue weighted by Gasteiger charge is 2.33. The first kappa shape index (κ1) is 31.9. The van der Waals surface area contributed by atoms with Crippen molar-refractivity contribution in [2.75, 3.05) is 13.2 Å². The number of hydrogen-bond donors (Lipinski definition) is 2. The summed E-state index contributed by atoms with van der Waals surface area (Å²) < 4.78 is 21.0. The van der Waals surface area contributed by atoms with Crippen molar-refractivity contribution in [3.63, 3.8) is 0 Å². The molecule has 0 fully saturated rings. The third-order valence-corrected chi connectivity index (χ3v) is 6.03. The highest BCUT2D eigenvalue weighted by atomic mass is 16.7. The predicted octanol–water partition coefficient (Wildman–Crippen LogP) is 4.67. The van der Waals surface area contributed by atoms with E-state index < -0.39 is 47.9 Å². The zero-order valence-corrected chi connectivity index (χ0v) is 22.7. The Balaban J connectivity index is 3.41. The van der Waals surface area contributed by atoms with Gasteiger partial charge in [-0.2, -0.15) is 0 Å². The fraction of sp³-hybridized carbons (Fsp3) is 0.630. The van der Waals surface area contributed by atoms with Gasteiger partial charge >= 0.3 is 24.1 Å². The van der Waals surface area contributed by atoms with Gasteiger partial charge in [-0.15, -0.1) is 0 Å². The standard InChI is InChI=1S/C27H41NO9/c1-7-10-16(4)25(31)36-20-13-12-19(14-21(20)37-26(32)17(5)11-8-2)22(23(28)24(29)30)18(6)15-35-27(33)34-9-3/h12-14,16-18,22-23H,7-11,15,28H2,1-6H3,(H,29,30)/t16?,17?,18?,22?,23-/m0/s1. The Labute approximate surface area is 218 Å². The van der Waals surface area contributed by atoms with Crippen LogP contribution in [0, 0.1) is 17.8 Å². The predicted molar refractivity (Wildman–Crippen MR) is 136 cm³/mol. The molecule has 1 aromatic carbocycles. The van der Waals surface area contributed by atoms with Crippen molar-refractivity contribution >= 4 is 24.1 Å². The third-order valence-electron chi connectivity index (χ3n) is 6.03. The Morgan fingerprint density at radius 1 is 0.865 bits per heavy atom. The molecule has 5 atom stereocenters. The number of carboxylic acid groups (broad SMARTS) is 1. The average Bonchev–Trinajstić information content (AvgIpc) is 2.84. The fourth-order valence-electron chi connectivity index (χ4n) is 3.92. The number of carbonyl (C=O) groups is 4. The lowest BCUT2D eigenvalue weighted by Gasteiger charge is -2.28. The molecule has 1 rings (SSSR count). The van der Waals surface area contributed by atoms with Crippen LogP contribution in [0.15, 0.2) is 18.2 Å². The molecule has 208 valence electrons. The molecule has 0 bridgehead atoms. The van der Waals surface area contributed by atoms with E-state index in [1.54, 1.807) is 33.8 Å². The summed E-state index contributed by atoms with van der Waals surface area (Å²) in [6, 6.07) is 3.12. The van der Waals surface area contributed by atoms with Crippen molar-refractivity contribution in [3.05, 3.63) is 23.8 Å². The topological polar surface area (TPSA) is 151 Å². The van der Waals surface area contributed by atoms with Crippen LogP contribution >= 0.6 is 0 Å². The normalized spacial score (nSPS) is 15.0. The summed E-state index contributed by atoms with van der Waals surface area (Å²) in [5, 5.41) is 9.64. The van der Waals surface area contributed by atoms with Crippen LogP contribution in [0.5, 0.6) is 11.5 Å². The second-order valence-corrected chi connectivity index (χ2v) is 9.29. The molecular weight excluding hydrogens is 482 g/mol. The highest BCUT2D eigenvalue weighted by molar-refractivity contribution is 5.79. The molecule has 0 saturated carbocycles. The number of nitrogens with two attached hydrogens (primary N) is 1. The molecule has 0 saturated heterocycles. The number of ether oxygens (including phenoxy) is 4. The molecule has 0 aliphatic heterocycles.